The first-order valence-electron chi connectivity index (χ1n) is 6.59. The van der Waals surface area contributed by atoms with Gasteiger partial charge in [-0.2, -0.15) is 0 Å². The number of piperidine rings is 1. The molecule has 4 heteroatoms. The van der Waals surface area contributed by atoms with Crippen molar-refractivity contribution in [3.05, 3.63) is 0 Å². The maximum atomic E-state index is 11.6. The maximum absolute atomic E-state index is 11.6. The standard InChI is InChI=1S/C13H26N2O2/c1-11(10-15-8-6-5-7-9-15)14-12(16)17-13(2,3)4/h11H,5-10H2,1-4H3,(H,14,16). The second-order valence-corrected chi connectivity index (χ2v) is 5.91. The van der Waals surface area contributed by atoms with Gasteiger partial charge in [-0.3, -0.25) is 0 Å². The summed E-state index contributed by atoms with van der Waals surface area (Å²) in [6.07, 6.45) is 3.57. The summed E-state index contributed by atoms with van der Waals surface area (Å²) in [6, 6.07) is 0.142. The van der Waals surface area contributed by atoms with Gasteiger partial charge in [-0.05, 0) is 53.6 Å². The number of nitrogens with zero attached hydrogens (tertiary/aromatic N) is 1. The summed E-state index contributed by atoms with van der Waals surface area (Å²) in [5, 5.41) is 2.88. The minimum Gasteiger partial charge on any atom is -0.444 e. The molecule has 1 aliphatic heterocycles. The fourth-order valence-corrected chi connectivity index (χ4v) is 2.08. The fourth-order valence-electron chi connectivity index (χ4n) is 2.08. The highest BCUT2D eigenvalue weighted by Gasteiger charge is 2.19. The Kier molecular flexibility index (Phi) is 5.25. The number of likely N-dealkylation sites (tertiary alicyclic amines) is 1. The van der Waals surface area contributed by atoms with Gasteiger partial charge in [0.15, 0.2) is 0 Å². The van der Waals surface area contributed by atoms with Crippen molar-refractivity contribution in [2.75, 3.05) is 19.6 Å². The molecule has 0 aromatic carbocycles. The molecule has 0 spiro atoms. The number of nitrogens with one attached hydrogen (secondary N) is 1. The summed E-state index contributed by atoms with van der Waals surface area (Å²) >= 11 is 0. The summed E-state index contributed by atoms with van der Waals surface area (Å²) < 4.78 is 5.23. The van der Waals surface area contributed by atoms with E-state index in [-0.39, 0.29) is 12.1 Å². The summed E-state index contributed by atoms with van der Waals surface area (Å²) in [4.78, 5) is 14.0. The Balaban J connectivity index is 2.23. The lowest BCUT2D eigenvalue weighted by Crippen LogP contribution is -2.45. The van der Waals surface area contributed by atoms with Crippen molar-refractivity contribution in [1.29, 1.82) is 0 Å². The van der Waals surface area contributed by atoms with Crippen molar-refractivity contribution in [3.63, 3.8) is 0 Å². The van der Waals surface area contributed by atoms with Crippen LogP contribution in [0.1, 0.15) is 47.0 Å². The van der Waals surface area contributed by atoms with Gasteiger partial charge in [0.2, 0.25) is 0 Å². The molecular weight excluding hydrogens is 216 g/mol. The number of carbonyl (C=O) groups excluding carboxylic acids is 1. The number of carbonyl (C=O) groups is 1. The van der Waals surface area contributed by atoms with E-state index in [0.717, 1.165) is 19.6 Å². The highest BCUT2D eigenvalue weighted by molar-refractivity contribution is 5.68. The van der Waals surface area contributed by atoms with E-state index >= 15 is 0 Å². The molecule has 0 saturated carbocycles. The van der Waals surface area contributed by atoms with Gasteiger partial charge < -0.3 is 15.0 Å². The lowest BCUT2D eigenvalue weighted by molar-refractivity contribution is 0.0494. The molecule has 0 radical (unpaired) electrons. The van der Waals surface area contributed by atoms with Gasteiger partial charge in [0.25, 0.3) is 0 Å². The zero-order valence-corrected chi connectivity index (χ0v) is 11.6. The summed E-state index contributed by atoms with van der Waals surface area (Å²) in [5.41, 5.74) is -0.422. The third kappa shape index (κ3) is 6.51. The molecule has 1 amide bonds. The van der Waals surface area contributed by atoms with Crippen molar-refractivity contribution in [2.24, 2.45) is 0 Å². The summed E-state index contributed by atoms with van der Waals surface area (Å²) in [7, 11) is 0. The normalized spacial score (nSPS) is 19.8. The molecule has 4 nitrogen and oxygen atoms in total. The van der Waals surface area contributed by atoms with Crippen LogP contribution in [0.4, 0.5) is 4.79 Å². The van der Waals surface area contributed by atoms with E-state index in [0.29, 0.717) is 0 Å². The number of ether oxygens (including phenoxy) is 1. The average molecular weight is 242 g/mol. The first-order valence-corrected chi connectivity index (χ1v) is 6.59. The van der Waals surface area contributed by atoms with Crippen LogP contribution in [0.15, 0.2) is 0 Å². The third-order valence-corrected chi connectivity index (χ3v) is 2.74. The van der Waals surface area contributed by atoms with Crippen molar-refractivity contribution >= 4 is 6.09 Å². The Bertz CT molecular complexity index is 242. The Hall–Kier alpha value is -0.770. The molecule has 1 N–H and O–H groups in total. The van der Waals surface area contributed by atoms with Crippen LogP contribution in [0, 0.1) is 0 Å². The Morgan fingerprint density at radius 1 is 1.29 bits per heavy atom. The molecule has 0 aromatic rings. The Morgan fingerprint density at radius 3 is 2.41 bits per heavy atom. The molecule has 0 aliphatic carbocycles. The molecule has 1 fully saturated rings. The molecular formula is C13H26N2O2. The number of hydrogen-bond donors (Lipinski definition) is 1. The van der Waals surface area contributed by atoms with Crippen LogP contribution in [0.2, 0.25) is 0 Å². The van der Waals surface area contributed by atoms with Crippen molar-refractivity contribution < 1.29 is 9.53 Å². The molecule has 1 atom stereocenters. The van der Waals surface area contributed by atoms with Crippen molar-refractivity contribution in [3.8, 4) is 0 Å². The predicted molar refractivity (Wildman–Crippen MR) is 69.1 cm³/mol. The van der Waals surface area contributed by atoms with Crippen LogP contribution < -0.4 is 5.32 Å². The van der Waals surface area contributed by atoms with Gasteiger partial charge in [0.1, 0.15) is 5.60 Å². The minimum absolute atomic E-state index is 0.142. The lowest BCUT2D eigenvalue weighted by Gasteiger charge is -2.29. The van der Waals surface area contributed by atoms with Crippen LogP contribution in [-0.2, 0) is 4.74 Å². The number of amides is 1. The lowest BCUT2D eigenvalue weighted by atomic mass is 10.1. The van der Waals surface area contributed by atoms with Gasteiger partial charge in [-0.25, -0.2) is 4.79 Å². The van der Waals surface area contributed by atoms with E-state index in [1.54, 1.807) is 0 Å². The summed E-state index contributed by atoms with van der Waals surface area (Å²) in [5.74, 6) is 0. The van der Waals surface area contributed by atoms with Crippen molar-refractivity contribution in [2.45, 2.75) is 58.6 Å². The Labute approximate surface area is 105 Å². The number of hydrogen-bond acceptors (Lipinski definition) is 3. The molecule has 100 valence electrons. The quantitative estimate of drug-likeness (QED) is 0.826. The largest absolute Gasteiger partial charge is 0.444 e. The number of rotatable bonds is 3. The van der Waals surface area contributed by atoms with E-state index in [2.05, 4.69) is 10.2 Å². The van der Waals surface area contributed by atoms with Crippen LogP contribution >= 0.6 is 0 Å². The van der Waals surface area contributed by atoms with E-state index in [1.807, 2.05) is 27.7 Å². The van der Waals surface area contributed by atoms with Crippen LogP contribution in [0.25, 0.3) is 0 Å². The van der Waals surface area contributed by atoms with E-state index in [4.69, 9.17) is 4.74 Å². The monoisotopic (exact) mass is 242 g/mol. The molecule has 1 aliphatic rings. The zero-order chi connectivity index (χ0) is 12.9. The van der Waals surface area contributed by atoms with Gasteiger partial charge in [-0.1, -0.05) is 6.42 Å². The zero-order valence-electron chi connectivity index (χ0n) is 11.6. The van der Waals surface area contributed by atoms with E-state index in [9.17, 15) is 4.79 Å². The fraction of sp³-hybridized carbons (Fsp3) is 0.923. The van der Waals surface area contributed by atoms with E-state index < -0.39 is 5.60 Å². The van der Waals surface area contributed by atoms with Gasteiger partial charge >= 0.3 is 6.09 Å². The first kappa shape index (κ1) is 14.3. The highest BCUT2D eigenvalue weighted by atomic mass is 16.6. The SMILES string of the molecule is CC(CN1CCCCC1)NC(=O)OC(C)(C)C. The second-order valence-electron chi connectivity index (χ2n) is 5.91. The topological polar surface area (TPSA) is 41.6 Å². The van der Waals surface area contributed by atoms with Crippen LogP contribution in [0.3, 0.4) is 0 Å². The molecule has 0 aromatic heterocycles. The third-order valence-electron chi connectivity index (χ3n) is 2.74. The van der Waals surface area contributed by atoms with Crippen LogP contribution in [0.5, 0.6) is 0 Å². The van der Waals surface area contributed by atoms with Crippen molar-refractivity contribution in [1.82, 2.24) is 10.2 Å². The first-order chi connectivity index (χ1) is 7.87. The summed E-state index contributed by atoms with van der Waals surface area (Å²) in [6.45, 7) is 10.9. The molecule has 17 heavy (non-hydrogen) atoms. The predicted octanol–water partition coefficient (Wildman–Crippen LogP) is 2.39. The van der Waals surface area contributed by atoms with Gasteiger partial charge in [-0.15, -0.1) is 0 Å². The molecule has 0 bridgehead atoms. The van der Waals surface area contributed by atoms with E-state index in [1.165, 1.54) is 19.3 Å². The molecule has 1 saturated heterocycles. The Morgan fingerprint density at radius 2 is 1.88 bits per heavy atom. The molecule has 1 unspecified atom stereocenters. The highest BCUT2D eigenvalue weighted by Crippen LogP contribution is 2.10. The van der Waals surface area contributed by atoms with Gasteiger partial charge in [0, 0.05) is 12.6 Å². The average Bonchev–Trinajstić information content (AvgIpc) is 2.15. The molecule has 1 rings (SSSR count). The smallest absolute Gasteiger partial charge is 0.407 e. The second kappa shape index (κ2) is 6.24. The maximum Gasteiger partial charge on any atom is 0.407 e. The molecule has 1 heterocycles. The van der Waals surface area contributed by atoms with Gasteiger partial charge in [0.05, 0.1) is 0 Å². The van der Waals surface area contributed by atoms with Crippen LogP contribution in [-0.4, -0.2) is 42.3 Å². The number of alkyl carbamates (subject to hydrolysis) is 1. The minimum atomic E-state index is -0.422.